The van der Waals surface area contributed by atoms with Crippen molar-refractivity contribution in [2.75, 3.05) is 23.4 Å². The van der Waals surface area contributed by atoms with Crippen LogP contribution in [0.3, 0.4) is 0 Å². The minimum absolute atomic E-state index is 0.0195. The second-order valence-corrected chi connectivity index (χ2v) is 11.9. The SMILES string of the molecule is Cc1c(C(=O)NC2CCCCCCC2)sc2ncnc(NCC3CCS(=O)(=O)C3)c12. The van der Waals surface area contributed by atoms with Gasteiger partial charge in [0.2, 0.25) is 0 Å². The number of hydrogen-bond donors (Lipinski definition) is 2. The fourth-order valence-corrected chi connectivity index (χ4v) is 7.46. The van der Waals surface area contributed by atoms with Crippen molar-refractivity contribution in [3.8, 4) is 0 Å². The Morgan fingerprint density at radius 1 is 1.13 bits per heavy atom. The van der Waals surface area contributed by atoms with E-state index in [2.05, 4.69) is 20.6 Å². The van der Waals surface area contributed by atoms with Gasteiger partial charge in [0.05, 0.1) is 21.8 Å². The smallest absolute Gasteiger partial charge is 0.261 e. The first kappa shape index (κ1) is 21.5. The van der Waals surface area contributed by atoms with E-state index in [4.69, 9.17) is 0 Å². The number of rotatable bonds is 5. The van der Waals surface area contributed by atoms with E-state index < -0.39 is 9.84 Å². The van der Waals surface area contributed by atoms with Crippen molar-refractivity contribution in [2.45, 2.75) is 64.3 Å². The van der Waals surface area contributed by atoms with Crippen LogP contribution in [-0.4, -0.2) is 48.4 Å². The lowest BCUT2D eigenvalue weighted by Crippen LogP contribution is -2.35. The molecular formula is C21H30N4O3S2. The van der Waals surface area contributed by atoms with Gasteiger partial charge in [0.1, 0.15) is 17.0 Å². The van der Waals surface area contributed by atoms with Gasteiger partial charge in [-0.05, 0) is 37.7 Å². The molecule has 4 rings (SSSR count). The summed E-state index contributed by atoms with van der Waals surface area (Å²) in [6.45, 7) is 2.50. The third-order valence-corrected chi connectivity index (χ3v) is 9.29. The largest absolute Gasteiger partial charge is 0.369 e. The van der Waals surface area contributed by atoms with Gasteiger partial charge in [0.25, 0.3) is 5.91 Å². The fraction of sp³-hybridized carbons (Fsp3) is 0.667. The van der Waals surface area contributed by atoms with Gasteiger partial charge >= 0.3 is 0 Å². The maximum Gasteiger partial charge on any atom is 0.261 e. The van der Waals surface area contributed by atoms with Crippen LogP contribution in [0.15, 0.2) is 6.33 Å². The lowest BCUT2D eigenvalue weighted by Gasteiger charge is -2.20. The third kappa shape index (κ3) is 4.94. The van der Waals surface area contributed by atoms with Crippen LogP contribution >= 0.6 is 11.3 Å². The number of nitrogens with one attached hydrogen (secondary N) is 2. The van der Waals surface area contributed by atoms with Gasteiger partial charge in [-0.2, -0.15) is 0 Å². The predicted molar refractivity (Wildman–Crippen MR) is 121 cm³/mol. The first-order valence-electron chi connectivity index (χ1n) is 10.9. The summed E-state index contributed by atoms with van der Waals surface area (Å²) >= 11 is 1.40. The minimum atomic E-state index is -2.90. The molecule has 2 N–H and O–H groups in total. The van der Waals surface area contributed by atoms with E-state index in [1.54, 1.807) is 0 Å². The summed E-state index contributed by atoms with van der Waals surface area (Å²) in [6, 6.07) is 0.246. The van der Waals surface area contributed by atoms with E-state index in [-0.39, 0.29) is 29.4 Å². The maximum absolute atomic E-state index is 13.0. The Bertz CT molecular complexity index is 1010. The number of aryl methyl sites for hydroxylation is 1. The first-order chi connectivity index (χ1) is 14.4. The molecule has 2 aromatic heterocycles. The van der Waals surface area contributed by atoms with Crippen LogP contribution in [0.25, 0.3) is 10.2 Å². The number of fused-ring (bicyclic) bond motifs is 1. The number of amides is 1. The van der Waals surface area contributed by atoms with E-state index in [1.165, 1.54) is 49.8 Å². The van der Waals surface area contributed by atoms with Crippen molar-refractivity contribution in [1.29, 1.82) is 0 Å². The Morgan fingerprint density at radius 2 is 1.87 bits per heavy atom. The van der Waals surface area contributed by atoms with Crippen LogP contribution in [0.5, 0.6) is 0 Å². The first-order valence-corrected chi connectivity index (χ1v) is 13.6. The summed E-state index contributed by atoms with van der Waals surface area (Å²) in [5, 5.41) is 7.43. The van der Waals surface area contributed by atoms with Crippen LogP contribution in [0.2, 0.25) is 0 Å². The Kier molecular flexibility index (Phi) is 6.57. The molecule has 2 aliphatic rings. The number of thiophene rings is 1. The highest BCUT2D eigenvalue weighted by molar-refractivity contribution is 7.91. The summed E-state index contributed by atoms with van der Waals surface area (Å²) in [4.78, 5) is 23.2. The van der Waals surface area contributed by atoms with E-state index in [0.29, 0.717) is 23.7 Å². The molecule has 2 fully saturated rings. The highest BCUT2D eigenvalue weighted by atomic mass is 32.2. The second-order valence-electron chi connectivity index (χ2n) is 8.62. The number of nitrogens with zero attached hydrogens (tertiary/aromatic N) is 2. The Morgan fingerprint density at radius 3 is 2.57 bits per heavy atom. The standard InChI is InChI=1S/C21H30N4O3S2/c1-14-17-19(22-11-15-9-10-30(27,28)12-15)23-13-24-21(17)29-18(14)20(26)25-16-7-5-3-2-4-6-8-16/h13,15-16H,2-12H2,1H3,(H,25,26)(H,22,23,24). The molecule has 164 valence electrons. The molecule has 1 unspecified atom stereocenters. The summed E-state index contributed by atoms with van der Waals surface area (Å²) in [7, 11) is -2.90. The average Bonchev–Trinajstić information content (AvgIpc) is 3.21. The maximum atomic E-state index is 13.0. The van der Waals surface area contributed by atoms with Crippen LogP contribution in [0, 0.1) is 12.8 Å². The molecule has 1 saturated heterocycles. The fourth-order valence-electron chi connectivity index (χ4n) is 4.55. The van der Waals surface area contributed by atoms with Gasteiger partial charge in [-0.1, -0.05) is 32.1 Å². The highest BCUT2D eigenvalue weighted by Crippen LogP contribution is 2.34. The summed E-state index contributed by atoms with van der Waals surface area (Å²) < 4.78 is 23.4. The molecule has 1 aliphatic heterocycles. The molecule has 0 aromatic carbocycles. The second kappa shape index (κ2) is 9.18. The van der Waals surface area contributed by atoms with Gasteiger partial charge < -0.3 is 10.6 Å². The van der Waals surface area contributed by atoms with E-state index >= 15 is 0 Å². The molecule has 30 heavy (non-hydrogen) atoms. The van der Waals surface area contributed by atoms with Crippen molar-refractivity contribution in [2.24, 2.45) is 5.92 Å². The summed E-state index contributed by atoms with van der Waals surface area (Å²) in [5.41, 5.74) is 0.889. The van der Waals surface area contributed by atoms with Crippen molar-refractivity contribution >= 4 is 43.1 Å². The zero-order valence-corrected chi connectivity index (χ0v) is 19.1. The van der Waals surface area contributed by atoms with Crippen LogP contribution in [-0.2, 0) is 9.84 Å². The predicted octanol–water partition coefficient (Wildman–Crippen LogP) is 3.69. The summed E-state index contributed by atoms with van der Waals surface area (Å²) in [6.07, 6.45) is 10.4. The average molecular weight is 451 g/mol. The van der Waals surface area contributed by atoms with Gasteiger partial charge in [-0.3, -0.25) is 4.79 Å². The number of anilines is 1. The highest BCUT2D eigenvalue weighted by Gasteiger charge is 2.28. The Labute approximate surface area is 182 Å². The van der Waals surface area contributed by atoms with Gasteiger partial charge in [-0.15, -0.1) is 11.3 Å². The van der Waals surface area contributed by atoms with E-state index in [1.807, 2.05) is 6.92 Å². The molecule has 1 saturated carbocycles. The Hall–Kier alpha value is -1.74. The molecular weight excluding hydrogens is 420 g/mol. The zero-order valence-electron chi connectivity index (χ0n) is 17.4. The monoisotopic (exact) mass is 450 g/mol. The Balaban J connectivity index is 1.49. The molecule has 3 heterocycles. The minimum Gasteiger partial charge on any atom is -0.369 e. The molecule has 1 amide bonds. The van der Waals surface area contributed by atoms with Gasteiger partial charge in [0.15, 0.2) is 9.84 Å². The lowest BCUT2D eigenvalue weighted by atomic mass is 9.96. The topological polar surface area (TPSA) is 101 Å². The van der Waals surface area contributed by atoms with Crippen LogP contribution in [0.4, 0.5) is 5.82 Å². The lowest BCUT2D eigenvalue weighted by molar-refractivity contribution is 0.0934. The van der Waals surface area contributed by atoms with Crippen LogP contribution in [0.1, 0.15) is 66.6 Å². The van der Waals surface area contributed by atoms with E-state index in [9.17, 15) is 13.2 Å². The molecule has 0 radical (unpaired) electrons. The zero-order chi connectivity index (χ0) is 21.1. The van der Waals surface area contributed by atoms with Crippen molar-refractivity contribution in [3.05, 3.63) is 16.8 Å². The number of aromatic nitrogens is 2. The number of carbonyl (C=O) groups is 1. The third-order valence-electron chi connectivity index (χ3n) is 6.26. The van der Waals surface area contributed by atoms with Crippen molar-refractivity contribution in [3.63, 3.8) is 0 Å². The summed E-state index contributed by atoms with van der Waals surface area (Å²) in [5.74, 6) is 1.26. The molecule has 7 nitrogen and oxygen atoms in total. The molecule has 1 atom stereocenters. The molecule has 9 heteroatoms. The van der Waals surface area contributed by atoms with Crippen molar-refractivity contribution < 1.29 is 13.2 Å². The number of carbonyl (C=O) groups excluding carboxylic acids is 1. The van der Waals surface area contributed by atoms with E-state index in [0.717, 1.165) is 28.6 Å². The molecule has 0 spiro atoms. The number of sulfone groups is 1. The van der Waals surface area contributed by atoms with Gasteiger partial charge in [-0.25, -0.2) is 18.4 Å². The quantitative estimate of drug-likeness (QED) is 0.720. The normalized spacial score (nSPS) is 22.5. The van der Waals surface area contributed by atoms with Gasteiger partial charge in [0, 0.05) is 12.6 Å². The number of hydrogen-bond acceptors (Lipinski definition) is 7. The van der Waals surface area contributed by atoms with Crippen molar-refractivity contribution in [1.82, 2.24) is 15.3 Å². The van der Waals surface area contributed by atoms with Crippen LogP contribution < -0.4 is 10.6 Å². The molecule has 0 bridgehead atoms. The molecule has 2 aromatic rings. The molecule has 1 aliphatic carbocycles.